The highest BCUT2D eigenvalue weighted by Crippen LogP contribution is 2.27. The molecule has 0 fully saturated rings. The molecule has 25 heavy (non-hydrogen) atoms. The molecule has 0 heterocycles. The number of anilines is 1. The first-order valence-corrected chi connectivity index (χ1v) is 9.23. The van der Waals surface area contributed by atoms with Crippen molar-refractivity contribution < 1.29 is 9.47 Å². The molecular weight excluding hydrogens is 310 g/mol. The van der Waals surface area contributed by atoms with Crippen molar-refractivity contribution in [3.05, 3.63) is 53.6 Å². The fourth-order valence-corrected chi connectivity index (χ4v) is 2.59. The fraction of sp³-hybridized carbons (Fsp3) is 0.455. The number of rotatable bonds is 9. The number of aryl methyl sites for hydroxylation is 1. The quantitative estimate of drug-likeness (QED) is 0.586. The van der Waals surface area contributed by atoms with Crippen LogP contribution in [0.25, 0.3) is 0 Å². The van der Waals surface area contributed by atoms with Crippen molar-refractivity contribution in [2.45, 2.75) is 53.1 Å². The van der Waals surface area contributed by atoms with Gasteiger partial charge in [0.2, 0.25) is 0 Å². The number of nitrogens with one attached hydrogen (secondary N) is 1. The molecule has 0 aliphatic heterocycles. The summed E-state index contributed by atoms with van der Waals surface area (Å²) in [6.07, 6.45) is 1.23. The van der Waals surface area contributed by atoms with Gasteiger partial charge >= 0.3 is 0 Å². The summed E-state index contributed by atoms with van der Waals surface area (Å²) in [5, 5.41) is 3.40. The number of ether oxygens (including phenoxy) is 2. The van der Waals surface area contributed by atoms with Gasteiger partial charge in [-0.05, 0) is 55.5 Å². The lowest BCUT2D eigenvalue weighted by Crippen LogP contribution is -2.13. The third-order valence-corrected chi connectivity index (χ3v) is 4.23. The molecule has 2 rings (SSSR count). The van der Waals surface area contributed by atoms with Gasteiger partial charge in [-0.3, -0.25) is 0 Å². The lowest BCUT2D eigenvalue weighted by Gasteiger charge is -2.16. The van der Waals surface area contributed by atoms with Crippen LogP contribution in [0.3, 0.4) is 0 Å². The maximum atomic E-state index is 6.02. The fourth-order valence-electron chi connectivity index (χ4n) is 2.59. The van der Waals surface area contributed by atoms with E-state index in [1.165, 1.54) is 11.1 Å². The molecule has 0 saturated heterocycles. The highest BCUT2D eigenvalue weighted by molar-refractivity contribution is 5.48. The number of hydrogen-bond donors (Lipinski definition) is 1. The molecule has 0 amide bonds. The molecule has 136 valence electrons. The van der Waals surface area contributed by atoms with Gasteiger partial charge in [0.1, 0.15) is 18.1 Å². The van der Waals surface area contributed by atoms with E-state index in [0.717, 1.165) is 30.2 Å². The van der Waals surface area contributed by atoms with Crippen LogP contribution in [-0.2, 0) is 0 Å². The van der Waals surface area contributed by atoms with E-state index in [1.807, 2.05) is 18.2 Å². The molecule has 3 heteroatoms. The average molecular weight is 341 g/mol. The second-order valence-electron chi connectivity index (χ2n) is 6.84. The summed E-state index contributed by atoms with van der Waals surface area (Å²) in [5.74, 6) is 2.35. The minimum atomic E-state index is 0.231. The summed E-state index contributed by atoms with van der Waals surface area (Å²) in [7, 11) is 0. The topological polar surface area (TPSA) is 30.5 Å². The number of hydrogen-bond acceptors (Lipinski definition) is 3. The zero-order valence-electron chi connectivity index (χ0n) is 16.1. The molecule has 0 aliphatic carbocycles. The third-order valence-electron chi connectivity index (χ3n) is 4.23. The minimum Gasteiger partial charge on any atom is -0.491 e. The predicted octanol–water partition coefficient (Wildman–Crippen LogP) is 5.79. The molecule has 1 N–H and O–H groups in total. The van der Waals surface area contributed by atoms with E-state index >= 15 is 0 Å². The molecular formula is C22H31NO2. The van der Waals surface area contributed by atoms with Crippen molar-refractivity contribution in [1.29, 1.82) is 0 Å². The van der Waals surface area contributed by atoms with Crippen LogP contribution in [0.2, 0.25) is 0 Å². The molecule has 0 aromatic heterocycles. The van der Waals surface area contributed by atoms with Crippen molar-refractivity contribution in [2.75, 3.05) is 18.5 Å². The van der Waals surface area contributed by atoms with Gasteiger partial charge in [-0.25, -0.2) is 0 Å². The first kappa shape index (κ1) is 19.2. The molecule has 2 aromatic carbocycles. The third kappa shape index (κ3) is 6.00. The lowest BCUT2D eigenvalue weighted by atomic mass is 10.0. The zero-order valence-corrected chi connectivity index (χ0v) is 16.1. The van der Waals surface area contributed by atoms with E-state index in [9.17, 15) is 0 Å². The van der Waals surface area contributed by atoms with Gasteiger partial charge in [0.25, 0.3) is 0 Å². The van der Waals surface area contributed by atoms with Crippen molar-refractivity contribution in [3.63, 3.8) is 0 Å². The van der Waals surface area contributed by atoms with Crippen molar-refractivity contribution in [3.8, 4) is 11.5 Å². The van der Waals surface area contributed by atoms with E-state index in [0.29, 0.717) is 12.5 Å². The van der Waals surface area contributed by atoms with Crippen LogP contribution in [0.5, 0.6) is 11.5 Å². The van der Waals surface area contributed by atoms with E-state index in [-0.39, 0.29) is 6.10 Å². The van der Waals surface area contributed by atoms with Gasteiger partial charge in [0.05, 0.1) is 6.10 Å². The summed E-state index contributed by atoms with van der Waals surface area (Å²) in [6, 6.07) is 14.5. The Kier molecular flexibility index (Phi) is 7.17. The molecule has 0 radical (unpaired) electrons. The van der Waals surface area contributed by atoms with Crippen LogP contribution in [0.15, 0.2) is 42.5 Å². The molecule has 0 spiro atoms. The summed E-state index contributed by atoms with van der Waals surface area (Å²) >= 11 is 0. The predicted molar refractivity (Wildman–Crippen MR) is 106 cm³/mol. The lowest BCUT2D eigenvalue weighted by molar-refractivity contribution is 0.217. The van der Waals surface area contributed by atoms with Crippen LogP contribution in [0.4, 0.5) is 5.69 Å². The average Bonchev–Trinajstić information content (AvgIpc) is 2.58. The second kappa shape index (κ2) is 9.36. The van der Waals surface area contributed by atoms with Crippen LogP contribution < -0.4 is 14.8 Å². The van der Waals surface area contributed by atoms with Gasteiger partial charge in [-0.15, -0.1) is 0 Å². The Bertz CT molecular complexity index is 667. The Morgan fingerprint density at radius 3 is 2.56 bits per heavy atom. The van der Waals surface area contributed by atoms with Gasteiger partial charge < -0.3 is 14.8 Å². The van der Waals surface area contributed by atoms with Crippen molar-refractivity contribution >= 4 is 5.69 Å². The number of benzene rings is 2. The Hall–Kier alpha value is -2.16. The summed E-state index contributed by atoms with van der Waals surface area (Å²) in [4.78, 5) is 0. The van der Waals surface area contributed by atoms with Crippen LogP contribution >= 0.6 is 0 Å². The molecule has 0 aliphatic rings. The maximum absolute atomic E-state index is 6.02. The molecule has 3 nitrogen and oxygen atoms in total. The molecule has 2 aromatic rings. The Balaban J connectivity index is 1.87. The molecule has 0 bridgehead atoms. The van der Waals surface area contributed by atoms with Crippen molar-refractivity contribution in [1.82, 2.24) is 0 Å². The summed E-state index contributed by atoms with van der Waals surface area (Å²) in [6.45, 7) is 12.1. The highest BCUT2D eigenvalue weighted by Gasteiger charge is 2.08. The monoisotopic (exact) mass is 341 g/mol. The molecule has 1 atom stereocenters. The van der Waals surface area contributed by atoms with Gasteiger partial charge in [0, 0.05) is 18.3 Å². The van der Waals surface area contributed by atoms with Gasteiger partial charge in [0.15, 0.2) is 0 Å². The second-order valence-corrected chi connectivity index (χ2v) is 6.84. The Labute approximate surface area is 152 Å². The van der Waals surface area contributed by atoms with E-state index < -0.39 is 0 Å². The normalized spacial score (nSPS) is 12.1. The summed E-state index contributed by atoms with van der Waals surface area (Å²) < 4.78 is 11.9. The molecule has 0 saturated carbocycles. The van der Waals surface area contributed by atoms with Crippen molar-refractivity contribution in [2.24, 2.45) is 0 Å². The smallest absolute Gasteiger partial charge is 0.123 e. The van der Waals surface area contributed by atoms with Crippen LogP contribution in [-0.4, -0.2) is 19.3 Å². The van der Waals surface area contributed by atoms with Crippen LogP contribution in [0.1, 0.15) is 51.2 Å². The zero-order chi connectivity index (χ0) is 18.2. The minimum absolute atomic E-state index is 0.231. The van der Waals surface area contributed by atoms with E-state index in [4.69, 9.17) is 9.47 Å². The molecule has 1 unspecified atom stereocenters. The largest absolute Gasteiger partial charge is 0.491 e. The SMILES string of the molecule is CCC(C)Oc1cccc(NCCOc2cc(C)ccc2C(C)C)c1. The van der Waals surface area contributed by atoms with Crippen LogP contribution in [0, 0.1) is 6.92 Å². The first-order valence-electron chi connectivity index (χ1n) is 9.23. The Morgan fingerprint density at radius 1 is 1.04 bits per heavy atom. The maximum Gasteiger partial charge on any atom is 0.123 e. The standard InChI is InChI=1S/C22H31NO2/c1-6-18(5)25-20-9-7-8-19(15-20)23-12-13-24-22-14-17(4)10-11-21(22)16(2)3/h7-11,14-16,18,23H,6,12-13H2,1-5H3. The van der Waals surface area contributed by atoms with Gasteiger partial charge in [-0.1, -0.05) is 39.0 Å². The highest BCUT2D eigenvalue weighted by atomic mass is 16.5. The van der Waals surface area contributed by atoms with Gasteiger partial charge in [-0.2, -0.15) is 0 Å². The van der Waals surface area contributed by atoms with E-state index in [2.05, 4.69) is 64.2 Å². The first-order chi connectivity index (χ1) is 12.0. The van der Waals surface area contributed by atoms with E-state index in [1.54, 1.807) is 0 Å². The Morgan fingerprint density at radius 2 is 1.84 bits per heavy atom. The summed E-state index contributed by atoms with van der Waals surface area (Å²) in [5.41, 5.74) is 3.54.